The summed E-state index contributed by atoms with van der Waals surface area (Å²) in [4.78, 5) is 35.0. The molecular formula is C16H22N2O7Si. The van der Waals surface area contributed by atoms with Crippen molar-refractivity contribution in [1.82, 2.24) is 4.90 Å². The van der Waals surface area contributed by atoms with Gasteiger partial charge in [0, 0.05) is 25.1 Å². The Morgan fingerprint density at radius 2 is 1.92 bits per heavy atom. The molecule has 1 N–H and O–H groups in total. The van der Waals surface area contributed by atoms with Crippen molar-refractivity contribution in [2.24, 2.45) is 0 Å². The molecule has 1 heterocycles. The van der Waals surface area contributed by atoms with Crippen LogP contribution in [-0.2, 0) is 20.6 Å². The van der Waals surface area contributed by atoms with E-state index in [-0.39, 0.29) is 31.4 Å². The van der Waals surface area contributed by atoms with E-state index in [1.165, 1.54) is 29.2 Å². The Kier molecular flexibility index (Phi) is 5.98. The van der Waals surface area contributed by atoms with Crippen molar-refractivity contribution in [3.8, 4) is 0 Å². The van der Waals surface area contributed by atoms with Crippen LogP contribution in [0.15, 0.2) is 24.3 Å². The molecule has 10 heteroatoms. The normalized spacial score (nSPS) is 20.0. The van der Waals surface area contributed by atoms with Crippen molar-refractivity contribution < 1.29 is 28.8 Å². The quantitative estimate of drug-likeness (QED) is 0.456. The summed E-state index contributed by atoms with van der Waals surface area (Å²) in [6.45, 7) is 6.06. The zero-order chi connectivity index (χ0) is 19.5. The van der Waals surface area contributed by atoms with Crippen molar-refractivity contribution in [3.63, 3.8) is 0 Å². The third-order valence-electron chi connectivity index (χ3n) is 3.81. The molecule has 0 radical (unpaired) electrons. The van der Waals surface area contributed by atoms with Crippen LogP contribution in [0.3, 0.4) is 0 Å². The van der Waals surface area contributed by atoms with Gasteiger partial charge in [0.05, 0.1) is 11.0 Å². The minimum atomic E-state index is -1.86. The highest BCUT2D eigenvalue weighted by atomic mass is 28.4. The third kappa shape index (κ3) is 5.26. The van der Waals surface area contributed by atoms with Crippen LogP contribution >= 0.6 is 0 Å². The second-order valence-corrected chi connectivity index (χ2v) is 11.5. The van der Waals surface area contributed by atoms with E-state index in [4.69, 9.17) is 9.16 Å². The highest BCUT2D eigenvalue weighted by Gasteiger charge is 2.42. The van der Waals surface area contributed by atoms with Crippen molar-refractivity contribution in [3.05, 3.63) is 39.9 Å². The molecule has 2 atom stereocenters. The molecule has 9 nitrogen and oxygen atoms in total. The zero-order valence-corrected chi connectivity index (χ0v) is 15.9. The molecule has 1 fully saturated rings. The van der Waals surface area contributed by atoms with Gasteiger partial charge in [-0.05, 0) is 37.3 Å². The first-order chi connectivity index (χ1) is 12.1. The largest absolute Gasteiger partial charge is 0.480 e. The monoisotopic (exact) mass is 382 g/mol. The van der Waals surface area contributed by atoms with E-state index in [0.29, 0.717) is 5.56 Å². The molecule has 1 aromatic carbocycles. The summed E-state index contributed by atoms with van der Waals surface area (Å²) in [5.41, 5.74) is 0.516. The number of hydrogen-bond donors (Lipinski definition) is 1. The van der Waals surface area contributed by atoms with Gasteiger partial charge in [-0.1, -0.05) is 0 Å². The Labute approximate surface area is 151 Å². The predicted octanol–water partition coefficient (Wildman–Crippen LogP) is 2.61. The minimum absolute atomic E-state index is 0.0584. The number of carbonyl (C=O) groups is 2. The fourth-order valence-corrected chi connectivity index (χ4v) is 3.93. The van der Waals surface area contributed by atoms with Crippen LogP contribution in [0, 0.1) is 10.1 Å². The molecule has 1 saturated heterocycles. The van der Waals surface area contributed by atoms with Crippen molar-refractivity contribution in [1.29, 1.82) is 0 Å². The average Bonchev–Trinajstić information content (AvgIpc) is 2.95. The number of likely N-dealkylation sites (tertiary alicyclic amines) is 1. The maximum Gasteiger partial charge on any atom is 0.410 e. The minimum Gasteiger partial charge on any atom is -0.480 e. The summed E-state index contributed by atoms with van der Waals surface area (Å²) in [7, 11) is -1.86. The molecule has 1 unspecified atom stereocenters. The van der Waals surface area contributed by atoms with Crippen molar-refractivity contribution >= 4 is 26.1 Å². The van der Waals surface area contributed by atoms with Crippen molar-refractivity contribution in [2.75, 3.05) is 6.54 Å². The van der Waals surface area contributed by atoms with E-state index in [0.717, 1.165) is 0 Å². The molecule has 0 spiro atoms. The van der Waals surface area contributed by atoms with Crippen LogP contribution in [0.25, 0.3) is 0 Å². The number of rotatable bonds is 6. The molecule has 2 rings (SSSR count). The van der Waals surface area contributed by atoms with Gasteiger partial charge < -0.3 is 14.3 Å². The number of ether oxygens (including phenoxy) is 1. The van der Waals surface area contributed by atoms with E-state index >= 15 is 0 Å². The van der Waals surface area contributed by atoms with Crippen LogP contribution in [0.1, 0.15) is 12.0 Å². The lowest BCUT2D eigenvalue weighted by molar-refractivity contribution is -0.384. The van der Waals surface area contributed by atoms with Gasteiger partial charge in [-0.3, -0.25) is 15.0 Å². The Balaban J connectivity index is 1.98. The number of nitro groups is 1. The van der Waals surface area contributed by atoms with Crippen LogP contribution in [0.4, 0.5) is 10.5 Å². The lowest BCUT2D eigenvalue weighted by atomic mass is 10.2. The number of benzene rings is 1. The Morgan fingerprint density at radius 1 is 1.31 bits per heavy atom. The highest BCUT2D eigenvalue weighted by Crippen LogP contribution is 2.25. The van der Waals surface area contributed by atoms with Crippen LogP contribution in [0.2, 0.25) is 19.6 Å². The molecule has 1 aliphatic rings. The molecule has 1 aromatic rings. The van der Waals surface area contributed by atoms with E-state index in [1.54, 1.807) is 0 Å². The number of hydrogen-bond acceptors (Lipinski definition) is 6. The average molecular weight is 382 g/mol. The maximum atomic E-state index is 12.3. The molecule has 0 aliphatic carbocycles. The number of carboxylic acid groups (broad SMARTS) is 1. The summed E-state index contributed by atoms with van der Waals surface area (Å²) in [5.74, 6) is -1.10. The Bertz CT molecular complexity index is 687. The zero-order valence-electron chi connectivity index (χ0n) is 14.9. The first kappa shape index (κ1) is 19.9. The van der Waals surface area contributed by atoms with Gasteiger partial charge in [0.25, 0.3) is 5.69 Å². The smallest absolute Gasteiger partial charge is 0.410 e. The predicted molar refractivity (Wildman–Crippen MR) is 94.2 cm³/mol. The molecular weight excluding hydrogens is 360 g/mol. The lowest BCUT2D eigenvalue weighted by Crippen LogP contribution is -2.41. The SMILES string of the molecule is C[Si](C)(C)OC1C[C@@H](C(=O)O)N(C(=O)OCc2ccc([N+](=O)[O-])cc2)C1. The van der Waals surface area contributed by atoms with E-state index in [2.05, 4.69) is 0 Å². The first-order valence-electron chi connectivity index (χ1n) is 8.14. The van der Waals surface area contributed by atoms with Gasteiger partial charge in [-0.15, -0.1) is 0 Å². The summed E-state index contributed by atoms with van der Waals surface area (Å²) in [5, 5.41) is 20.0. The highest BCUT2D eigenvalue weighted by molar-refractivity contribution is 6.69. The van der Waals surface area contributed by atoms with Gasteiger partial charge >= 0.3 is 12.1 Å². The van der Waals surface area contributed by atoms with E-state index in [1.807, 2.05) is 19.6 Å². The van der Waals surface area contributed by atoms with Crippen LogP contribution in [0.5, 0.6) is 0 Å². The number of nitro benzene ring substituents is 1. The molecule has 1 amide bonds. The number of nitrogens with zero attached hydrogens (tertiary/aromatic N) is 2. The Hall–Kier alpha value is -2.46. The number of non-ortho nitro benzene ring substituents is 1. The van der Waals surface area contributed by atoms with Crippen LogP contribution in [-0.4, -0.2) is 54.0 Å². The first-order valence-corrected chi connectivity index (χ1v) is 11.5. The summed E-state index contributed by atoms with van der Waals surface area (Å²) < 4.78 is 11.1. The van der Waals surface area contributed by atoms with Gasteiger partial charge in [0.1, 0.15) is 12.6 Å². The van der Waals surface area contributed by atoms with Gasteiger partial charge in [0.2, 0.25) is 0 Å². The summed E-state index contributed by atoms with van der Waals surface area (Å²) in [6.07, 6.45) is -0.834. The second-order valence-electron chi connectivity index (χ2n) is 7.07. The van der Waals surface area contributed by atoms with Crippen LogP contribution < -0.4 is 0 Å². The molecule has 142 valence electrons. The maximum absolute atomic E-state index is 12.3. The molecule has 0 bridgehead atoms. The molecule has 0 aromatic heterocycles. The molecule has 1 aliphatic heterocycles. The molecule has 0 saturated carbocycles. The fourth-order valence-electron chi connectivity index (χ4n) is 2.76. The van der Waals surface area contributed by atoms with Gasteiger partial charge in [0.15, 0.2) is 8.32 Å². The summed E-state index contributed by atoms with van der Waals surface area (Å²) in [6, 6.07) is 4.62. The third-order valence-corrected chi connectivity index (χ3v) is 4.85. The number of amides is 1. The fraction of sp³-hybridized carbons (Fsp3) is 0.500. The van der Waals surface area contributed by atoms with E-state index in [9.17, 15) is 24.8 Å². The number of aliphatic carboxylic acids is 1. The Morgan fingerprint density at radius 3 is 2.42 bits per heavy atom. The number of carbonyl (C=O) groups excluding carboxylic acids is 1. The molecule has 26 heavy (non-hydrogen) atoms. The number of carboxylic acids is 1. The second kappa shape index (κ2) is 7.83. The standard InChI is InChI=1S/C16H22N2O7Si/c1-26(2,3)25-13-8-14(15(19)20)17(9-13)16(21)24-10-11-4-6-12(7-5-11)18(22)23/h4-7,13-14H,8-10H2,1-3H3,(H,19,20)/t13?,14-/m0/s1. The van der Waals surface area contributed by atoms with Gasteiger partial charge in [-0.25, -0.2) is 9.59 Å². The lowest BCUT2D eigenvalue weighted by Gasteiger charge is -2.23. The van der Waals surface area contributed by atoms with E-state index < -0.39 is 31.3 Å². The van der Waals surface area contributed by atoms with Gasteiger partial charge in [-0.2, -0.15) is 0 Å². The summed E-state index contributed by atoms with van der Waals surface area (Å²) >= 11 is 0. The van der Waals surface area contributed by atoms with Crippen molar-refractivity contribution in [2.45, 2.75) is 44.8 Å². The topological polar surface area (TPSA) is 119 Å².